The van der Waals surface area contributed by atoms with Gasteiger partial charge in [-0.15, -0.1) is 11.3 Å². The SMILES string of the molecule is NC(=O)c1cc([N+](=O)[O-])cn(Cc2csc(-c3ccccn3)n2)c1=O. The van der Waals surface area contributed by atoms with E-state index < -0.39 is 27.6 Å². The third-order valence-corrected chi connectivity index (χ3v) is 4.23. The van der Waals surface area contributed by atoms with Gasteiger partial charge in [0.2, 0.25) is 0 Å². The van der Waals surface area contributed by atoms with E-state index in [1.165, 1.54) is 11.3 Å². The first-order chi connectivity index (χ1) is 12.0. The summed E-state index contributed by atoms with van der Waals surface area (Å²) in [5, 5.41) is 13.4. The van der Waals surface area contributed by atoms with Gasteiger partial charge < -0.3 is 10.3 Å². The number of hydrogen-bond donors (Lipinski definition) is 1. The molecule has 3 rings (SSSR count). The van der Waals surface area contributed by atoms with Crippen LogP contribution >= 0.6 is 11.3 Å². The molecule has 25 heavy (non-hydrogen) atoms. The van der Waals surface area contributed by atoms with Crippen molar-refractivity contribution in [3.8, 4) is 10.7 Å². The van der Waals surface area contributed by atoms with Crippen LogP contribution in [0.1, 0.15) is 16.1 Å². The maximum absolute atomic E-state index is 12.3. The summed E-state index contributed by atoms with van der Waals surface area (Å²) < 4.78 is 1.05. The van der Waals surface area contributed by atoms with Gasteiger partial charge in [0.25, 0.3) is 17.2 Å². The minimum atomic E-state index is -1.02. The largest absolute Gasteiger partial charge is 0.365 e. The molecule has 3 heterocycles. The topological polar surface area (TPSA) is 134 Å². The number of thiazole rings is 1. The second kappa shape index (κ2) is 6.61. The average molecular weight is 357 g/mol. The second-order valence-electron chi connectivity index (χ2n) is 5.03. The van der Waals surface area contributed by atoms with Crippen LogP contribution in [0.4, 0.5) is 5.69 Å². The summed E-state index contributed by atoms with van der Waals surface area (Å²) >= 11 is 1.33. The van der Waals surface area contributed by atoms with Crippen molar-refractivity contribution in [1.82, 2.24) is 14.5 Å². The van der Waals surface area contributed by atoms with Crippen LogP contribution in [-0.2, 0) is 6.54 Å². The van der Waals surface area contributed by atoms with Crippen LogP contribution in [0.25, 0.3) is 10.7 Å². The second-order valence-corrected chi connectivity index (χ2v) is 5.88. The zero-order valence-electron chi connectivity index (χ0n) is 12.7. The number of carbonyl (C=O) groups excluding carboxylic acids is 1. The third kappa shape index (κ3) is 3.43. The fraction of sp³-hybridized carbons (Fsp3) is 0.0667. The standard InChI is InChI=1S/C15H11N5O4S/c16-13(21)11-5-10(20(23)24)7-19(15(11)22)6-9-8-25-14(18-9)12-3-1-2-4-17-12/h1-5,7-8H,6H2,(H2,16,21). The van der Waals surface area contributed by atoms with Crippen LogP contribution in [-0.4, -0.2) is 25.4 Å². The van der Waals surface area contributed by atoms with Crippen molar-refractivity contribution >= 4 is 22.9 Å². The molecule has 0 aliphatic carbocycles. The van der Waals surface area contributed by atoms with Crippen LogP contribution in [0.15, 0.2) is 46.8 Å². The van der Waals surface area contributed by atoms with Gasteiger partial charge >= 0.3 is 0 Å². The monoisotopic (exact) mass is 357 g/mol. The summed E-state index contributed by atoms with van der Waals surface area (Å²) in [4.78, 5) is 42.5. The number of primary amides is 1. The van der Waals surface area contributed by atoms with E-state index in [1.54, 1.807) is 23.7 Å². The Morgan fingerprint density at radius 3 is 2.84 bits per heavy atom. The van der Waals surface area contributed by atoms with Crippen LogP contribution in [0.2, 0.25) is 0 Å². The van der Waals surface area contributed by atoms with Crippen molar-refractivity contribution in [1.29, 1.82) is 0 Å². The molecule has 1 amide bonds. The van der Waals surface area contributed by atoms with E-state index in [1.807, 2.05) is 6.07 Å². The van der Waals surface area contributed by atoms with E-state index in [2.05, 4.69) is 9.97 Å². The number of pyridine rings is 2. The highest BCUT2D eigenvalue weighted by Gasteiger charge is 2.18. The summed E-state index contributed by atoms with van der Waals surface area (Å²) in [5.41, 5.74) is 4.80. The Morgan fingerprint density at radius 1 is 1.40 bits per heavy atom. The summed E-state index contributed by atoms with van der Waals surface area (Å²) in [6, 6.07) is 6.29. The number of amides is 1. The van der Waals surface area contributed by atoms with Gasteiger partial charge in [0, 0.05) is 17.6 Å². The predicted octanol–water partition coefficient (Wildman–Crippen LogP) is 1.42. The molecule has 0 unspecified atom stereocenters. The normalized spacial score (nSPS) is 10.6. The first-order valence-electron chi connectivity index (χ1n) is 7.00. The van der Waals surface area contributed by atoms with Gasteiger partial charge in [0.15, 0.2) is 0 Å². The lowest BCUT2D eigenvalue weighted by Crippen LogP contribution is -2.30. The Kier molecular flexibility index (Phi) is 4.35. The summed E-state index contributed by atoms with van der Waals surface area (Å²) in [5.74, 6) is -1.02. The molecule has 9 nitrogen and oxygen atoms in total. The number of rotatable bonds is 5. The number of nitrogens with zero attached hydrogens (tertiary/aromatic N) is 4. The van der Waals surface area contributed by atoms with Gasteiger partial charge in [-0.3, -0.25) is 24.7 Å². The average Bonchev–Trinajstić information content (AvgIpc) is 3.05. The van der Waals surface area contributed by atoms with Crippen molar-refractivity contribution < 1.29 is 9.72 Å². The quantitative estimate of drug-likeness (QED) is 0.542. The molecule has 0 radical (unpaired) electrons. The smallest absolute Gasteiger partial charge is 0.286 e. The molecule has 0 aliphatic rings. The van der Waals surface area contributed by atoms with Gasteiger partial charge in [-0.25, -0.2) is 4.98 Å². The molecular weight excluding hydrogens is 346 g/mol. The maximum atomic E-state index is 12.3. The first-order valence-corrected chi connectivity index (χ1v) is 7.88. The van der Waals surface area contributed by atoms with E-state index in [4.69, 9.17) is 5.73 Å². The van der Waals surface area contributed by atoms with Crippen molar-refractivity contribution in [2.75, 3.05) is 0 Å². The molecule has 3 aromatic rings. The van der Waals surface area contributed by atoms with Gasteiger partial charge in [-0.05, 0) is 12.1 Å². The highest BCUT2D eigenvalue weighted by Crippen LogP contribution is 2.22. The van der Waals surface area contributed by atoms with Crippen molar-refractivity contribution in [2.45, 2.75) is 6.54 Å². The molecule has 0 aromatic carbocycles. The van der Waals surface area contributed by atoms with Gasteiger partial charge in [0.05, 0.1) is 29.1 Å². The molecule has 0 aliphatic heterocycles. The molecule has 2 N–H and O–H groups in total. The Hall–Kier alpha value is -3.40. The maximum Gasteiger partial charge on any atom is 0.286 e. The molecule has 0 bridgehead atoms. The van der Waals surface area contributed by atoms with Crippen molar-refractivity contribution in [3.05, 3.63) is 73.8 Å². The molecule has 0 saturated carbocycles. The number of hydrogen-bond acceptors (Lipinski definition) is 7. The van der Waals surface area contributed by atoms with E-state index in [9.17, 15) is 19.7 Å². The van der Waals surface area contributed by atoms with E-state index >= 15 is 0 Å². The van der Waals surface area contributed by atoms with Gasteiger partial charge in [-0.2, -0.15) is 0 Å². The predicted molar refractivity (Wildman–Crippen MR) is 90.3 cm³/mol. The molecule has 0 spiro atoms. The lowest BCUT2D eigenvalue weighted by molar-refractivity contribution is -0.385. The molecule has 126 valence electrons. The number of carbonyl (C=O) groups is 1. The van der Waals surface area contributed by atoms with Gasteiger partial charge in [-0.1, -0.05) is 6.07 Å². The minimum absolute atomic E-state index is 0.0237. The Balaban J connectivity index is 1.98. The van der Waals surface area contributed by atoms with Crippen molar-refractivity contribution in [3.63, 3.8) is 0 Å². The molecule has 0 saturated heterocycles. The molecule has 0 atom stereocenters. The Bertz CT molecular complexity index is 1010. The molecular formula is C15H11N5O4S. The highest BCUT2D eigenvalue weighted by atomic mass is 32.1. The first kappa shape index (κ1) is 16.5. The van der Waals surface area contributed by atoms with E-state index in [0.29, 0.717) is 16.4 Å². The van der Waals surface area contributed by atoms with Crippen LogP contribution in [0.5, 0.6) is 0 Å². The summed E-state index contributed by atoms with van der Waals surface area (Å²) in [6.07, 6.45) is 2.70. The number of nitro groups is 1. The zero-order chi connectivity index (χ0) is 18.0. The Labute approximate surface area is 144 Å². The Morgan fingerprint density at radius 2 is 2.20 bits per heavy atom. The lowest BCUT2D eigenvalue weighted by Gasteiger charge is -2.05. The van der Waals surface area contributed by atoms with Crippen LogP contribution < -0.4 is 11.3 Å². The lowest BCUT2D eigenvalue weighted by atomic mass is 10.2. The van der Waals surface area contributed by atoms with E-state index in [0.717, 1.165) is 16.8 Å². The highest BCUT2D eigenvalue weighted by molar-refractivity contribution is 7.13. The summed E-state index contributed by atoms with van der Waals surface area (Å²) in [7, 11) is 0. The van der Waals surface area contributed by atoms with Gasteiger partial charge in [0.1, 0.15) is 10.6 Å². The van der Waals surface area contributed by atoms with Crippen molar-refractivity contribution in [2.24, 2.45) is 5.73 Å². The fourth-order valence-corrected chi connectivity index (χ4v) is 2.96. The summed E-state index contributed by atoms with van der Waals surface area (Å²) in [6.45, 7) is -0.0237. The molecule has 3 aromatic heterocycles. The number of nitrogens with two attached hydrogens (primary N) is 1. The molecule has 10 heteroatoms. The van der Waals surface area contributed by atoms with Crippen LogP contribution in [0, 0.1) is 10.1 Å². The van der Waals surface area contributed by atoms with Crippen LogP contribution in [0.3, 0.4) is 0 Å². The fourth-order valence-electron chi connectivity index (χ4n) is 2.17. The molecule has 0 fully saturated rings. The number of aromatic nitrogens is 3. The van der Waals surface area contributed by atoms with E-state index in [-0.39, 0.29) is 6.54 Å². The minimum Gasteiger partial charge on any atom is -0.365 e. The zero-order valence-corrected chi connectivity index (χ0v) is 13.5. The third-order valence-electron chi connectivity index (χ3n) is 3.32.